The van der Waals surface area contributed by atoms with Crippen molar-refractivity contribution in [2.75, 3.05) is 6.54 Å². The van der Waals surface area contributed by atoms with E-state index >= 15 is 0 Å². The van der Waals surface area contributed by atoms with Gasteiger partial charge in [-0.2, -0.15) is 0 Å². The Morgan fingerprint density at radius 1 is 1.24 bits per heavy atom. The molecule has 1 N–H and O–H groups in total. The molecule has 0 spiro atoms. The van der Waals surface area contributed by atoms with E-state index in [1.807, 2.05) is 0 Å². The molecule has 2 rings (SSSR count). The van der Waals surface area contributed by atoms with E-state index in [2.05, 4.69) is 52.4 Å². The molecule has 1 nitrogen and oxygen atoms in total. The SMILES string of the molecule is CCCNC(CCC1CCCCC1)Cc1cccc(Br)c1. The van der Waals surface area contributed by atoms with Crippen molar-refractivity contribution in [1.82, 2.24) is 5.32 Å². The normalized spacial score (nSPS) is 17.8. The first kappa shape index (κ1) is 17.0. The summed E-state index contributed by atoms with van der Waals surface area (Å²) in [5.41, 5.74) is 1.45. The lowest BCUT2D eigenvalue weighted by Gasteiger charge is -2.25. The molecule has 1 saturated carbocycles. The zero-order chi connectivity index (χ0) is 14.9. The van der Waals surface area contributed by atoms with E-state index in [9.17, 15) is 0 Å². The lowest BCUT2D eigenvalue weighted by Crippen LogP contribution is -2.32. The molecule has 1 atom stereocenters. The second-order valence-corrected chi connectivity index (χ2v) is 7.48. The molecule has 1 aliphatic carbocycles. The molecule has 0 aromatic heterocycles. The molecule has 0 aliphatic heterocycles. The third-order valence-electron chi connectivity index (χ3n) is 4.70. The molecule has 21 heavy (non-hydrogen) atoms. The summed E-state index contributed by atoms with van der Waals surface area (Å²) in [5, 5.41) is 3.76. The van der Waals surface area contributed by atoms with Gasteiger partial charge in [0.2, 0.25) is 0 Å². The number of hydrogen-bond donors (Lipinski definition) is 1. The quantitative estimate of drug-likeness (QED) is 0.631. The number of rotatable bonds is 8. The van der Waals surface area contributed by atoms with E-state index in [1.165, 1.54) is 61.4 Å². The van der Waals surface area contributed by atoms with Gasteiger partial charge in [-0.15, -0.1) is 0 Å². The summed E-state index contributed by atoms with van der Waals surface area (Å²) in [5.74, 6) is 0.993. The molecule has 118 valence electrons. The van der Waals surface area contributed by atoms with Crippen molar-refractivity contribution in [2.24, 2.45) is 5.92 Å². The van der Waals surface area contributed by atoms with E-state index in [0.29, 0.717) is 6.04 Å². The Hall–Kier alpha value is -0.340. The van der Waals surface area contributed by atoms with Crippen LogP contribution in [0.5, 0.6) is 0 Å². The lowest BCUT2D eigenvalue weighted by molar-refractivity contribution is 0.312. The summed E-state index contributed by atoms with van der Waals surface area (Å²) in [7, 11) is 0. The van der Waals surface area contributed by atoms with Crippen LogP contribution >= 0.6 is 15.9 Å². The van der Waals surface area contributed by atoms with E-state index in [-0.39, 0.29) is 0 Å². The molecular formula is C19H30BrN. The second-order valence-electron chi connectivity index (χ2n) is 6.57. The van der Waals surface area contributed by atoms with E-state index in [0.717, 1.165) is 18.9 Å². The maximum absolute atomic E-state index is 3.76. The molecule has 0 saturated heterocycles. The minimum Gasteiger partial charge on any atom is -0.314 e. The molecule has 1 fully saturated rings. The summed E-state index contributed by atoms with van der Waals surface area (Å²) in [6.45, 7) is 3.40. The van der Waals surface area contributed by atoms with E-state index in [1.54, 1.807) is 0 Å². The zero-order valence-corrected chi connectivity index (χ0v) is 15.0. The number of halogens is 1. The molecule has 2 heteroatoms. The van der Waals surface area contributed by atoms with Gasteiger partial charge in [0, 0.05) is 10.5 Å². The van der Waals surface area contributed by atoms with Gasteiger partial charge in [0.15, 0.2) is 0 Å². The largest absolute Gasteiger partial charge is 0.314 e. The highest BCUT2D eigenvalue weighted by Crippen LogP contribution is 2.28. The van der Waals surface area contributed by atoms with Crippen LogP contribution in [-0.4, -0.2) is 12.6 Å². The third kappa shape index (κ3) is 6.52. The molecule has 0 radical (unpaired) electrons. The Kier molecular flexibility index (Phi) is 7.81. The maximum Gasteiger partial charge on any atom is 0.0178 e. The summed E-state index contributed by atoms with van der Waals surface area (Å²) < 4.78 is 1.20. The minimum atomic E-state index is 0.640. The van der Waals surface area contributed by atoms with E-state index in [4.69, 9.17) is 0 Å². The van der Waals surface area contributed by atoms with Gasteiger partial charge < -0.3 is 5.32 Å². The van der Waals surface area contributed by atoms with Crippen LogP contribution in [0.25, 0.3) is 0 Å². The van der Waals surface area contributed by atoms with Gasteiger partial charge in [-0.05, 0) is 55.8 Å². The fourth-order valence-electron chi connectivity index (χ4n) is 3.49. The van der Waals surface area contributed by atoms with Crippen LogP contribution < -0.4 is 5.32 Å². The predicted octanol–water partition coefficient (Wildman–Crippen LogP) is 5.72. The highest BCUT2D eigenvalue weighted by molar-refractivity contribution is 9.10. The fraction of sp³-hybridized carbons (Fsp3) is 0.684. The van der Waals surface area contributed by atoms with Gasteiger partial charge in [0.25, 0.3) is 0 Å². The van der Waals surface area contributed by atoms with Gasteiger partial charge in [-0.3, -0.25) is 0 Å². The van der Waals surface area contributed by atoms with Gasteiger partial charge in [0.05, 0.1) is 0 Å². The smallest absolute Gasteiger partial charge is 0.0178 e. The molecule has 1 aliphatic rings. The Balaban J connectivity index is 1.84. The summed E-state index contributed by atoms with van der Waals surface area (Å²) >= 11 is 3.59. The van der Waals surface area contributed by atoms with Crippen LogP contribution in [0.4, 0.5) is 0 Å². The van der Waals surface area contributed by atoms with Crippen molar-refractivity contribution in [3.05, 3.63) is 34.3 Å². The predicted molar refractivity (Wildman–Crippen MR) is 95.7 cm³/mol. The Bertz CT molecular complexity index is 398. The van der Waals surface area contributed by atoms with Crippen LogP contribution in [0.15, 0.2) is 28.7 Å². The van der Waals surface area contributed by atoms with Gasteiger partial charge >= 0.3 is 0 Å². The standard InChI is InChI=1S/C19H30BrN/c1-2-13-21-19(12-11-16-7-4-3-5-8-16)15-17-9-6-10-18(20)14-17/h6,9-10,14,16,19,21H,2-5,7-8,11-13,15H2,1H3. The van der Waals surface area contributed by atoms with Crippen molar-refractivity contribution < 1.29 is 0 Å². The van der Waals surface area contributed by atoms with E-state index < -0.39 is 0 Å². The fourth-order valence-corrected chi connectivity index (χ4v) is 3.93. The highest BCUT2D eigenvalue weighted by Gasteiger charge is 2.16. The summed E-state index contributed by atoms with van der Waals surface area (Å²) in [4.78, 5) is 0. The van der Waals surface area contributed by atoms with Crippen molar-refractivity contribution in [2.45, 2.75) is 70.8 Å². The molecule has 1 aromatic rings. The number of benzene rings is 1. The average molecular weight is 352 g/mol. The van der Waals surface area contributed by atoms with Gasteiger partial charge in [-0.25, -0.2) is 0 Å². The average Bonchev–Trinajstić information content (AvgIpc) is 2.51. The van der Waals surface area contributed by atoms with Crippen LogP contribution in [0.1, 0.15) is 63.9 Å². The first-order valence-corrected chi connectivity index (χ1v) is 9.55. The summed E-state index contributed by atoms with van der Waals surface area (Å²) in [6.07, 6.45) is 12.4. The molecular weight excluding hydrogens is 322 g/mol. The lowest BCUT2D eigenvalue weighted by atomic mass is 9.84. The Morgan fingerprint density at radius 3 is 2.76 bits per heavy atom. The molecule has 0 amide bonds. The zero-order valence-electron chi connectivity index (χ0n) is 13.4. The number of nitrogens with one attached hydrogen (secondary N) is 1. The molecule has 1 unspecified atom stereocenters. The molecule has 1 aromatic carbocycles. The topological polar surface area (TPSA) is 12.0 Å². The van der Waals surface area contributed by atoms with Crippen LogP contribution in [-0.2, 0) is 6.42 Å². The van der Waals surface area contributed by atoms with Gasteiger partial charge in [-0.1, -0.05) is 67.1 Å². The monoisotopic (exact) mass is 351 g/mol. The first-order chi connectivity index (χ1) is 10.3. The highest BCUT2D eigenvalue weighted by atomic mass is 79.9. The first-order valence-electron chi connectivity index (χ1n) is 8.75. The maximum atomic E-state index is 3.76. The summed E-state index contributed by atoms with van der Waals surface area (Å²) in [6, 6.07) is 9.42. The van der Waals surface area contributed by atoms with Crippen LogP contribution in [0.2, 0.25) is 0 Å². The molecule has 0 bridgehead atoms. The third-order valence-corrected chi connectivity index (χ3v) is 5.20. The van der Waals surface area contributed by atoms with Crippen molar-refractivity contribution in [3.63, 3.8) is 0 Å². The Labute approximate surface area is 139 Å². The second kappa shape index (κ2) is 9.63. The number of hydrogen-bond acceptors (Lipinski definition) is 1. The van der Waals surface area contributed by atoms with Crippen LogP contribution in [0, 0.1) is 5.92 Å². The van der Waals surface area contributed by atoms with Crippen molar-refractivity contribution >= 4 is 15.9 Å². The van der Waals surface area contributed by atoms with Crippen LogP contribution in [0.3, 0.4) is 0 Å². The van der Waals surface area contributed by atoms with Crippen molar-refractivity contribution in [1.29, 1.82) is 0 Å². The van der Waals surface area contributed by atoms with Gasteiger partial charge in [0.1, 0.15) is 0 Å². The molecule has 0 heterocycles. The van der Waals surface area contributed by atoms with Crippen molar-refractivity contribution in [3.8, 4) is 0 Å². The Morgan fingerprint density at radius 2 is 2.05 bits per heavy atom. The minimum absolute atomic E-state index is 0.640.